The maximum atomic E-state index is 12.7. The highest BCUT2D eigenvalue weighted by molar-refractivity contribution is 6.04. The summed E-state index contributed by atoms with van der Waals surface area (Å²) >= 11 is 0. The van der Waals surface area contributed by atoms with Gasteiger partial charge in [-0.15, -0.1) is 0 Å². The van der Waals surface area contributed by atoms with Gasteiger partial charge in [-0.1, -0.05) is 51.1 Å². The summed E-state index contributed by atoms with van der Waals surface area (Å²) in [7, 11) is 0. The third kappa shape index (κ3) is 2.05. The molecule has 0 heterocycles. The third-order valence-corrected chi connectivity index (χ3v) is 6.97. The van der Waals surface area contributed by atoms with Gasteiger partial charge in [0, 0.05) is 17.4 Å². The molecule has 1 heteroatoms. The number of rotatable bonds is 0. The Balaban J connectivity index is 1.81. The molecule has 0 saturated heterocycles. The van der Waals surface area contributed by atoms with Gasteiger partial charge in [0.05, 0.1) is 0 Å². The number of hydrogen-bond acceptors (Lipinski definition) is 1. The number of fused-ring (bicyclic) bond motifs is 6. The Morgan fingerprint density at radius 2 is 1.96 bits per heavy atom. The van der Waals surface area contributed by atoms with Gasteiger partial charge in [-0.2, -0.15) is 0 Å². The summed E-state index contributed by atoms with van der Waals surface area (Å²) in [5.74, 6) is 1.69. The lowest BCUT2D eigenvalue weighted by Gasteiger charge is -2.41. The largest absolute Gasteiger partial charge is 0.294 e. The van der Waals surface area contributed by atoms with Crippen molar-refractivity contribution < 1.29 is 4.79 Å². The average molecular weight is 330 g/mol. The molecule has 1 spiro atoms. The fraction of sp³-hybridized carbons (Fsp3) is 0.458. The fourth-order valence-electron chi connectivity index (χ4n) is 5.78. The van der Waals surface area contributed by atoms with Crippen molar-refractivity contribution in [1.82, 2.24) is 0 Å². The van der Waals surface area contributed by atoms with E-state index in [1.807, 2.05) is 0 Å². The van der Waals surface area contributed by atoms with E-state index in [9.17, 15) is 4.79 Å². The van der Waals surface area contributed by atoms with Crippen LogP contribution >= 0.6 is 0 Å². The molecule has 0 amide bonds. The molecular formula is C24H26O. The Labute approximate surface area is 150 Å². The molecule has 1 fully saturated rings. The molecule has 0 aliphatic heterocycles. The van der Waals surface area contributed by atoms with Crippen LogP contribution in [-0.2, 0) is 10.8 Å². The second kappa shape index (κ2) is 4.84. The topological polar surface area (TPSA) is 17.1 Å². The van der Waals surface area contributed by atoms with Crippen molar-refractivity contribution in [2.24, 2.45) is 11.8 Å². The molecule has 3 unspecified atom stereocenters. The fourth-order valence-corrected chi connectivity index (χ4v) is 5.78. The first-order chi connectivity index (χ1) is 11.9. The summed E-state index contributed by atoms with van der Waals surface area (Å²) in [6.45, 7) is 6.84. The van der Waals surface area contributed by atoms with E-state index in [1.165, 1.54) is 34.7 Å². The lowest BCUT2D eigenvalue weighted by Crippen LogP contribution is -2.37. The minimum Gasteiger partial charge on any atom is -0.294 e. The van der Waals surface area contributed by atoms with Gasteiger partial charge in [0.15, 0.2) is 5.78 Å². The van der Waals surface area contributed by atoms with Crippen LogP contribution < -0.4 is 0 Å². The maximum absolute atomic E-state index is 12.7. The number of hydrogen-bond donors (Lipinski definition) is 0. The highest BCUT2D eigenvalue weighted by Gasteiger charge is 2.52. The van der Waals surface area contributed by atoms with E-state index in [0.29, 0.717) is 18.1 Å². The molecule has 1 saturated carbocycles. The zero-order valence-electron chi connectivity index (χ0n) is 15.4. The van der Waals surface area contributed by atoms with Crippen molar-refractivity contribution >= 4 is 16.6 Å². The van der Waals surface area contributed by atoms with Gasteiger partial charge in [-0.3, -0.25) is 4.79 Å². The van der Waals surface area contributed by atoms with Crippen molar-refractivity contribution in [1.29, 1.82) is 0 Å². The Bertz CT molecular complexity index is 927. The molecule has 3 aliphatic carbocycles. The van der Waals surface area contributed by atoms with Crippen LogP contribution in [0, 0.1) is 11.8 Å². The van der Waals surface area contributed by atoms with Crippen LogP contribution in [0.4, 0.5) is 0 Å². The van der Waals surface area contributed by atoms with Crippen LogP contribution in [0.1, 0.15) is 67.9 Å². The van der Waals surface area contributed by atoms with Crippen molar-refractivity contribution in [2.45, 2.75) is 57.3 Å². The summed E-state index contributed by atoms with van der Waals surface area (Å²) < 4.78 is 0. The number of carbonyl (C=O) groups excluding carboxylic acids is 1. The van der Waals surface area contributed by atoms with Gasteiger partial charge < -0.3 is 0 Å². The van der Waals surface area contributed by atoms with Crippen molar-refractivity contribution in [3.63, 3.8) is 0 Å². The molecule has 2 bridgehead atoms. The number of ketones is 1. The van der Waals surface area contributed by atoms with E-state index in [2.05, 4.69) is 63.3 Å². The van der Waals surface area contributed by atoms with Gasteiger partial charge in [0.1, 0.15) is 0 Å². The van der Waals surface area contributed by atoms with Gasteiger partial charge in [0.25, 0.3) is 0 Å². The molecule has 0 radical (unpaired) electrons. The lowest BCUT2D eigenvalue weighted by molar-refractivity contribution is 0.0944. The van der Waals surface area contributed by atoms with Crippen LogP contribution in [0.2, 0.25) is 0 Å². The van der Waals surface area contributed by atoms with Crippen LogP contribution in [0.25, 0.3) is 10.8 Å². The molecule has 128 valence electrons. The first kappa shape index (κ1) is 15.4. The summed E-state index contributed by atoms with van der Waals surface area (Å²) in [6, 6.07) is 11.2. The van der Waals surface area contributed by atoms with Gasteiger partial charge in [0.2, 0.25) is 0 Å². The third-order valence-electron chi connectivity index (χ3n) is 6.97. The second-order valence-corrected chi connectivity index (χ2v) is 9.45. The van der Waals surface area contributed by atoms with Crippen LogP contribution in [0.5, 0.6) is 0 Å². The van der Waals surface area contributed by atoms with E-state index in [0.717, 1.165) is 17.9 Å². The highest BCUT2D eigenvalue weighted by Crippen LogP contribution is 2.58. The standard InChI is InChI=1S/C24H26O/c1-23(2,3)20-6-4-5-16-12-19-21(13-18(16)20)24(10-9-22(19)25)14-15-7-8-17(24)11-15/h4-8,12-13,15,17H,9-11,14H2,1-3H3. The van der Waals surface area contributed by atoms with E-state index < -0.39 is 0 Å². The van der Waals surface area contributed by atoms with Crippen molar-refractivity contribution in [2.75, 3.05) is 0 Å². The summed E-state index contributed by atoms with van der Waals surface area (Å²) in [5, 5.41) is 2.56. The zero-order valence-corrected chi connectivity index (χ0v) is 15.4. The molecule has 3 aliphatic rings. The second-order valence-electron chi connectivity index (χ2n) is 9.45. The maximum Gasteiger partial charge on any atom is 0.163 e. The first-order valence-electron chi connectivity index (χ1n) is 9.68. The Kier molecular flexibility index (Phi) is 2.98. The van der Waals surface area contributed by atoms with E-state index in [4.69, 9.17) is 0 Å². The van der Waals surface area contributed by atoms with E-state index >= 15 is 0 Å². The molecule has 25 heavy (non-hydrogen) atoms. The summed E-state index contributed by atoms with van der Waals surface area (Å²) in [6.07, 6.45) is 9.12. The number of allylic oxidation sites excluding steroid dienone is 2. The summed E-state index contributed by atoms with van der Waals surface area (Å²) in [4.78, 5) is 12.7. The lowest BCUT2D eigenvalue weighted by atomic mass is 9.62. The molecule has 0 aromatic heterocycles. The van der Waals surface area contributed by atoms with Gasteiger partial charge in [-0.25, -0.2) is 0 Å². The predicted molar refractivity (Wildman–Crippen MR) is 103 cm³/mol. The average Bonchev–Trinajstić information content (AvgIpc) is 3.17. The first-order valence-corrected chi connectivity index (χ1v) is 9.68. The van der Waals surface area contributed by atoms with Gasteiger partial charge in [-0.05, 0) is 70.5 Å². The molecule has 1 nitrogen and oxygen atoms in total. The Morgan fingerprint density at radius 3 is 2.64 bits per heavy atom. The Morgan fingerprint density at radius 1 is 1.12 bits per heavy atom. The van der Waals surface area contributed by atoms with Crippen LogP contribution in [0.15, 0.2) is 42.5 Å². The smallest absolute Gasteiger partial charge is 0.163 e. The molecule has 3 atom stereocenters. The van der Waals surface area contributed by atoms with Crippen LogP contribution in [-0.4, -0.2) is 5.78 Å². The van der Waals surface area contributed by atoms with Crippen molar-refractivity contribution in [3.8, 4) is 0 Å². The molecule has 0 N–H and O–H groups in total. The highest BCUT2D eigenvalue weighted by atomic mass is 16.1. The molecule has 5 rings (SSSR count). The van der Waals surface area contributed by atoms with Gasteiger partial charge >= 0.3 is 0 Å². The van der Waals surface area contributed by atoms with Crippen molar-refractivity contribution in [3.05, 3.63) is 59.2 Å². The molecular weight excluding hydrogens is 304 g/mol. The van der Waals surface area contributed by atoms with Crippen LogP contribution in [0.3, 0.4) is 0 Å². The molecule has 2 aromatic rings. The van der Waals surface area contributed by atoms with E-state index in [1.54, 1.807) is 0 Å². The minimum absolute atomic E-state index is 0.105. The molecule has 2 aromatic carbocycles. The predicted octanol–water partition coefficient (Wildman–Crippen LogP) is 5.95. The number of benzene rings is 2. The SMILES string of the molecule is CC(C)(C)c1cccc2cc3c(cc12)C1(CCC3=O)CC2C=CC1C2. The quantitative estimate of drug-likeness (QED) is 0.546. The normalized spacial score (nSPS) is 30.4. The minimum atomic E-state index is 0.105. The number of Topliss-reactive ketones (excluding diaryl/α,β-unsaturated/α-hetero) is 1. The van der Waals surface area contributed by atoms with E-state index in [-0.39, 0.29) is 10.8 Å². The zero-order chi connectivity index (χ0) is 17.4. The monoisotopic (exact) mass is 330 g/mol. The Hall–Kier alpha value is -1.89. The number of carbonyl (C=O) groups is 1. The summed E-state index contributed by atoms with van der Waals surface area (Å²) in [5.41, 5.74) is 4.06.